The number of benzene rings is 2. The van der Waals surface area contributed by atoms with Gasteiger partial charge in [-0.3, -0.25) is 0 Å². The van der Waals surface area contributed by atoms with Crippen LogP contribution in [0, 0.1) is 16.7 Å². The van der Waals surface area contributed by atoms with Gasteiger partial charge in [-0.15, -0.1) is 0 Å². The van der Waals surface area contributed by atoms with Crippen molar-refractivity contribution in [2.24, 2.45) is 16.7 Å². The minimum atomic E-state index is 0.151. The Bertz CT molecular complexity index is 2350. The molecule has 2 aromatic rings. The number of rotatable bonds is 3. The molecule has 0 bridgehead atoms. The van der Waals surface area contributed by atoms with Gasteiger partial charge in [0.05, 0.1) is 0 Å². The van der Waals surface area contributed by atoms with Crippen LogP contribution in [0.2, 0.25) is 0 Å². The fourth-order valence-corrected chi connectivity index (χ4v) is 11.3. The smallest absolute Gasteiger partial charge is 0.0152 e. The van der Waals surface area contributed by atoms with E-state index in [1.807, 2.05) is 0 Å². The summed E-state index contributed by atoms with van der Waals surface area (Å²) in [4.78, 5) is 0. The van der Waals surface area contributed by atoms with Crippen molar-refractivity contribution in [2.45, 2.75) is 118 Å². The summed E-state index contributed by atoms with van der Waals surface area (Å²) in [6, 6.07) is 9.61. The zero-order chi connectivity index (χ0) is 34.6. The van der Waals surface area contributed by atoms with Crippen molar-refractivity contribution in [1.29, 1.82) is 0 Å². The van der Waals surface area contributed by atoms with E-state index in [-0.39, 0.29) is 5.41 Å². The molecule has 2 aromatic carbocycles. The molecule has 51 heavy (non-hydrogen) atoms. The van der Waals surface area contributed by atoms with Crippen molar-refractivity contribution < 1.29 is 0 Å². The van der Waals surface area contributed by atoms with E-state index in [2.05, 4.69) is 114 Å². The van der Waals surface area contributed by atoms with E-state index in [4.69, 9.17) is 0 Å². The van der Waals surface area contributed by atoms with Gasteiger partial charge in [-0.25, -0.2) is 0 Å². The van der Waals surface area contributed by atoms with Crippen LogP contribution >= 0.6 is 0 Å². The number of hydrogen-bond donors (Lipinski definition) is 0. The molecule has 0 nitrogen and oxygen atoms in total. The zero-order valence-corrected chi connectivity index (χ0v) is 31.6. The van der Waals surface area contributed by atoms with Crippen molar-refractivity contribution in [3.05, 3.63) is 144 Å². The molecule has 8 aliphatic rings. The van der Waals surface area contributed by atoms with Crippen LogP contribution < -0.4 is 10.4 Å². The first kappa shape index (κ1) is 31.8. The molecule has 2 unspecified atom stereocenters. The third kappa shape index (κ3) is 5.06. The molecule has 8 aliphatic carbocycles. The Morgan fingerprint density at radius 2 is 1.33 bits per heavy atom. The molecule has 2 atom stereocenters. The Balaban J connectivity index is 0.924. The lowest BCUT2D eigenvalue weighted by Crippen LogP contribution is -2.33. The van der Waals surface area contributed by atoms with Gasteiger partial charge in [0.2, 0.25) is 0 Å². The predicted molar refractivity (Wildman–Crippen MR) is 218 cm³/mol. The summed E-state index contributed by atoms with van der Waals surface area (Å²) in [5.41, 5.74) is 21.3. The number of allylic oxidation sites excluding steroid dienone is 18. The summed E-state index contributed by atoms with van der Waals surface area (Å²) in [5, 5.41) is 5.97. The summed E-state index contributed by atoms with van der Waals surface area (Å²) < 4.78 is 0. The maximum atomic E-state index is 2.62. The van der Waals surface area contributed by atoms with Gasteiger partial charge in [0, 0.05) is 5.41 Å². The standard InChI is InChI=1S/C51H54/c1-50(2,3)41-28-39-19-14-33-20-23-42(45-25-22-40(29-41)48(39)49(33)45)32-12-10-31(11-13-32)34-15-16-36-27-37(18-17-35(36)26-34)38-21-24-44-43-8-6-7-9-46(43)51(4,5)47(44)30-38/h7,9-10,12,14,19-20,23,25-28,30,40-41H,6,8,11,13,15-18,21-22,24,29H2,1-5H3. The van der Waals surface area contributed by atoms with Crippen molar-refractivity contribution in [3.63, 3.8) is 0 Å². The largest absolute Gasteiger partial charge is 0.0839 e. The monoisotopic (exact) mass is 666 g/mol. The average molecular weight is 667 g/mol. The summed E-state index contributed by atoms with van der Waals surface area (Å²) in [6.07, 6.45) is 37.2. The molecule has 0 heteroatoms. The highest BCUT2D eigenvalue weighted by Gasteiger charge is 2.40. The molecule has 258 valence electrons. The van der Waals surface area contributed by atoms with E-state index in [9.17, 15) is 0 Å². The first-order chi connectivity index (χ1) is 24.6. The topological polar surface area (TPSA) is 0 Å². The van der Waals surface area contributed by atoms with Crippen LogP contribution in [-0.2, 0) is 0 Å². The number of hydrogen-bond acceptors (Lipinski definition) is 0. The molecule has 0 saturated carbocycles. The van der Waals surface area contributed by atoms with E-state index < -0.39 is 0 Å². The highest BCUT2D eigenvalue weighted by molar-refractivity contribution is 5.93. The van der Waals surface area contributed by atoms with Gasteiger partial charge in [-0.1, -0.05) is 114 Å². The number of fused-ring (bicyclic) bond motifs is 1. The molecule has 0 fully saturated rings. The van der Waals surface area contributed by atoms with Crippen molar-refractivity contribution in [2.75, 3.05) is 0 Å². The first-order valence-corrected chi connectivity index (χ1v) is 20.3. The maximum Gasteiger partial charge on any atom is 0.0152 e. The van der Waals surface area contributed by atoms with Gasteiger partial charge in [-0.05, 0) is 188 Å². The van der Waals surface area contributed by atoms with E-state index in [1.54, 1.807) is 66.7 Å². The van der Waals surface area contributed by atoms with Gasteiger partial charge in [0.15, 0.2) is 0 Å². The second kappa shape index (κ2) is 11.6. The average Bonchev–Trinajstić information content (AvgIpc) is 3.38. The van der Waals surface area contributed by atoms with Gasteiger partial charge >= 0.3 is 0 Å². The maximum absolute atomic E-state index is 2.62. The minimum absolute atomic E-state index is 0.151. The summed E-state index contributed by atoms with van der Waals surface area (Å²) in [6.45, 7) is 12.1. The summed E-state index contributed by atoms with van der Waals surface area (Å²) in [5.74, 6) is 1.30. The van der Waals surface area contributed by atoms with Crippen molar-refractivity contribution >= 4 is 28.5 Å². The normalized spacial score (nSPS) is 26.3. The van der Waals surface area contributed by atoms with Crippen LogP contribution in [0.15, 0.2) is 123 Å². The molecule has 0 spiro atoms. The first-order valence-electron chi connectivity index (χ1n) is 20.3. The highest BCUT2D eigenvalue weighted by atomic mass is 14.4. The Morgan fingerprint density at radius 3 is 2.10 bits per heavy atom. The quantitative estimate of drug-likeness (QED) is 0.306. The van der Waals surface area contributed by atoms with E-state index >= 15 is 0 Å². The summed E-state index contributed by atoms with van der Waals surface area (Å²) >= 11 is 0. The van der Waals surface area contributed by atoms with Crippen LogP contribution in [0.4, 0.5) is 0 Å². The van der Waals surface area contributed by atoms with Crippen LogP contribution in [0.1, 0.15) is 129 Å². The highest BCUT2D eigenvalue weighted by Crippen LogP contribution is 2.55. The lowest BCUT2D eigenvalue weighted by atomic mass is 9.68. The third-order valence-corrected chi connectivity index (χ3v) is 14.3. The van der Waals surface area contributed by atoms with Gasteiger partial charge < -0.3 is 0 Å². The molecular formula is C51H54. The van der Waals surface area contributed by atoms with Gasteiger partial charge in [0.1, 0.15) is 0 Å². The van der Waals surface area contributed by atoms with Crippen molar-refractivity contribution in [3.8, 4) is 0 Å². The lowest BCUT2D eigenvalue weighted by molar-refractivity contribution is 0.274. The molecule has 0 N–H and O–H groups in total. The molecule has 0 radical (unpaired) electrons. The molecule has 0 amide bonds. The van der Waals surface area contributed by atoms with Crippen LogP contribution in [0.3, 0.4) is 0 Å². The van der Waals surface area contributed by atoms with Crippen LogP contribution in [0.5, 0.6) is 0 Å². The second-order valence-corrected chi connectivity index (χ2v) is 18.5. The SMILES string of the molecule is CC1(C)C2=C(CCC=C2)C2=C1C=C(C1=CC3=C(C=C(C4=CC=C(c5ccc6ccc7c8c6c5=CCC8CC(C(C)(C)C)C=7)CC4)CC3)CC1)CC2. The Kier molecular flexibility index (Phi) is 7.20. The van der Waals surface area contributed by atoms with E-state index in [0.717, 1.165) is 12.8 Å². The molecule has 0 aromatic heterocycles. The minimum Gasteiger partial charge on any atom is -0.0839 e. The van der Waals surface area contributed by atoms with E-state index in [1.165, 1.54) is 91.2 Å². The lowest BCUT2D eigenvalue weighted by Gasteiger charge is -2.36. The Hall–Kier alpha value is -3.90. The van der Waals surface area contributed by atoms with Gasteiger partial charge in [-0.2, -0.15) is 0 Å². The molecule has 10 rings (SSSR count). The van der Waals surface area contributed by atoms with Gasteiger partial charge in [0.25, 0.3) is 0 Å². The molecule has 0 aliphatic heterocycles. The van der Waals surface area contributed by atoms with Crippen LogP contribution in [0.25, 0.3) is 28.5 Å². The molecule has 0 saturated heterocycles. The Labute approximate surface area is 305 Å². The second-order valence-electron chi connectivity index (χ2n) is 18.5. The Morgan fingerprint density at radius 1 is 0.667 bits per heavy atom. The molecule has 0 heterocycles. The zero-order valence-electron chi connectivity index (χ0n) is 31.6. The molecular weight excluding hydrogens is 613 g/mol. The van der Waals surface area contributed by atoms with Crippen LogP contribution in [-0.4, -0.2) is 0 Å². The summed E-state index contributed by atoms with van der Waals surface area (Å²) in [7, 11) is 0. The predicted octanol–water partition coefficient (Wildman–Crippen LogP) is 12.5. The fraction of sp³-hybridized carbons (Fsp3) is 0.412. The fourth-order valence-electron chi connectivity index (χ4n) is 11.3. The third-order valence-electron chi connectivity index (χ3n) is 14.3. The van der Waals surface area contributed by atoms with Crippen molar-refractivity contribution in [1.82, 2.24) is 0 Å². The van der Waals surface area contributed by atoms with E-state index in [0.29, 0.717) is 17.3 Å².